The van der Waals surface area contributed by atoms with Crippen LogP contribution in [0.15, 0.2) is 6.07 Å². The Balaban J connectivity index is 1.83. The summed E-state index contributed by atoms with van der Waals surface area (Å²) < 4.78 is 0. The van der Waals surface area contributed by atoms with Crippen LogP contribution in [0.25, 0.3) is 0 Å². The Morgan fingerprint density at radius 1 is 1.26 bits per heavy atom. The summed E-state index contributed by atoms with van der Waals surface area (Å²) in [4.78, 5) is 8.95. The van der Waals surface area contributed by atoms with Crippen molar-refractivity contribution in [2.24, 2.45) is 11.8 Å². The third-order valence-electron chi connectivity index (χ3n) is 3.35. The largest absolute Gasteiger partial charge is 0.370 e. The first-order valence-electron chi connectivity index (χ1n) is 7.28. The van der Waals surface area contributed by atoms with Gasteiger partial charge in [0.15, 0.2) is 0 Å². The molecule has 106 valence electrons. The molecule has 0 unspecified atom stereocenters. The molecule has 1 aromatic heterocycles. The fourth-order valence-electron chi connectivity index (χ4n) is 2.05. The third kappa shape index (κ3) is 4.67. The van der Waals surface area contributed by atoms with Gasteiger partial charge in [0.1, 0.15) is 17.5 Å². The zero-order valence-electron chi connectivity index (χ0n) is 11.9. The number of nitrogens with two attached hydrogens (primary N) is 1. The van der Waals surface area contributed by atoms with Crippen LogP contribution in [0, 0.1) is 5.92 Å². The summed E-state index contributed by atoms with van der Waals surface area (Å²) in [6.45, 7) is 5.48. The van der Waals surface area contributed by atoms with Gasteiger partial charge in [0.2, 0.25) is 0 Å². The molecule has 0 saturated heterocycles. The van der Waals surface area contributed by atoms with E-state index >= 15 is 0 Å². The molecule has 1 heterocycles. The van der Waals surface area contributed by atoms with E-state index in [0.29, 0.717) is 11.7 Å². The number of nitrogens with zero attached hydrogens (tertiary/aromatic N) is 2. The second-order valence-electron chi connectivity index (χ2n) is 5.73. The molecule has 0 aliphatic heterocycles. The topological polar surface area (TPSA) is 75.9 Å². The Morgan fingerprint density at radius 3 is 2.63 bits per heavy atom. The molecule has 19 heavy (non-hydrogen) atoms. The van der Waals surface area contributed by atoms with E-state index in [1.54, 1.807) is 0 Å². The van der Waals surface area contributed by atoms with Gasteiger partial charge in [0.25, 0.3) is 0 Å². The molecule has 1 aliphatic rings. The Kier molecular flexibility index (Phi) is 4.96. The molecule has 1 fully saturated rings. The Morgan fingerprint density at radius 2 is 2.00 bits per heavy atom. The highest BCUT2D eigenvalue weighted by Gasteiger charge is 2.27. The second kappa shape index (κ2) is 6.70. The first kappa shape index (κ1) is 14.1. The van der Waals surface area contributed by atoms with Crippen molar-refractivity contribution in [3.8, 4) is 0 Å². The number of hydrazine groups is 1. The van der Waals surface area contributed by atoms with Gasteiger partial charge in [-0.3, -0.25) is 0 Å². The quantitative estimate of drug-likeness (QED) is 0.382. The van der Waals surface area contributed by atoms with Crippen LogP contribution in [0.3, 0.4) is 0 Å². The summed E-state index contributed by atoms with van der Waals surface area (Å²) >= 11 is 0. The zero-order valence-corrected chi connectivity index (χ0v) is 11.9. The highest BCUT2D eigenvalue weighted by Crippen LogP contribution is 2.38. The van der Waals surface area contributed by atoms with Crippen molar-refractivity contribution in [2.45, 2.75) is 51.9 Å². The van der Waals surface area contributed by atoms with Gasteiger partial charge >= 0.3 is 0 Å². The monoisotopic (exact) mass is 263 g/mol. The van der Waals surface area contributed by atoms with Crippen LogP contribution in [0.4, 0.5) is 11.6 Å². The summed E-state index contributed by atoms with van der Waals surface area (Å²) in [7, 11) is 0. The molecule has 0 radical (unpaired) electrons. The van der Waals surface area contributed by atoms with Gasteiger partial charge in [-0.05, 0) is 25.2 Å². The van der Waals surface area contributed by atoms with Crippen molar-refractivity contribution in [1.29, 1.82) is 0 Å². The maximum atomic E-state index is 5.45. The number of rotatable bonds is 8. The standard InChI is InChI=1S/C14H25N5/c1-10(2)5-3-4-8-16-12-9-13(19-15)18-14(17-12)11-6-7-11/h9-11H,3-8,15H2,1-2H3,(H2,16,17,18,19). The molecule has 0 bridgehead atoms. The molecule has 0 amide bonds. The first-order chi connectivity index (χ1) is 9.19. The number of aromatic nitrogens is 2. The van der Waals surface area contributed by atoms with Crippen molar-refractivity contribution >= 4 is 11.6 Å². The number of hydrogen-bond donors (Lipinski definition) is 3. The summed E-state index contributed by atoms with van der Waals surface area (Å²) in [6.07, 6.45) is 6.11. The number of anilines is 2. The Hall–Kier alpha value is -1.36. The van der Waals surface area contributed by atoms with E-state index in [4.69, 9.17) is 5.84 Å². The lowest BCUT2D eigenvalue weighted by molar-refractivity contribution is 0.544. The van der Waals surface area contributed by atoms with Crippen molar-refractivity contribution in [3.05, 3.63) is 11.9 Å². The Bertz CT molecular complexity index is 401. The van der Waals surface area contributed by atoms with Crippen molar-refractivity contribution in [2.75, 3.05) is 17.3 Å². The molecule has 0 spiro atoms. The minimum Gasteiger partial charge on any atom is -0.370 e. The average molecular weight is 263 g/mol. The summed E-state index contributed by atoms with van der Waals surface area (Å²) in [6, 6.07) is 1.87. The molecule has 1 aromatic rings. The summed E-state index contributed by atoms with van der Waals surface area (Å²) in [5.41, 5.74) is 2.62. The molecular weight excluding hydrogens is 238 g/mol. The van der Waals surface area contributed by atoms with Gasteiger partial charge in [0.05, 0.1) is 0 Å². The molecule has 1 aliphatic carbocycles. The van der Waals surface area contributed by atoms with Gasteiger partial charge in [0, 0.05) is 18.5 Å². The number of unbranched alkanes of at least 4 members (excludes halogenated alkanes) is 1. The second-order valence-corrected chi connectivity index (χ2v) is 5.73. The molecule has 2 rings (SSSR count). The van der Waals surface area contributed by atoms with Crippen LogP contribution in [0.1, 0.15) is 57.7 Å². The average Bonchev–Trinajstić information content (AvgIpc) is 3.22. The van der Waals surface area contributed by atoms with E-state index in [2.05, 4.69) is 34.6 Å². The smallest absolute Gasteiger partial charge is 0.145 e. The Labute approximate surface area is 115 Å². The van der Waals surface area contributed by atoms with E-state index in [1.807, 2.05) is 6.07 Å². The predicted molar refractivity (Wildman–Crippen MR) is 79.0 cm³/mol. The van der Waals surface area contributed by atoms with Gasteiger partial charge < -0.3 is 10.7 Å². The first-order valence-corrected chi connectivity index (χ1v) is 7.28. The minimum atomic E-state index is 0.537. The maximum absolute atomic E-state index is 5.45. The summed E-state index contributed by atoms with van der Waals surface area (Å²) in [5, 5.41) is 3.37. The predicted octanol–water partition coefficient (Wildman–Crippen LogP) is 2.88. The lowest BCUT2D eigenvalue weighted by Crippen LogP contribution is -2.12. The van der Waals surface area contributed by atoms with Gasteiger partial charge in [-0.1, -0.05) is 26.7 Å². The summed E-state index contributed by atoms with van der Waals surface area (Å²) in [5.74, 6) is 9.27. The van der Waals surface area contributed by atoms with Crippen LogP contribution in [0.5, 0.6) is 0 Å². The molecule has 5 nitrogen and oxygen atoms in total. The van der Waals surface area contributed by atoms with E-state index in [9.17, 15) is 0 Å². The molecule has 4 N–H and O–H groups in total. The highest BCUT2D eigenvalue weighted by atomic mass is 15.3. The maximum Gasteiger partial charge on any atom is 0.145 e. The lowest BCUT2D eigenvalue weighted by atomic mass is 10.1. The molecule has 1 saturated carbocycles. The molecule has 0 atom stereocenters. The minimum absolute atomic E-state index is 0.537. The number of nitrogens with one attached hydrogen (secondary N) is 2. The van der Waals surface area contributed by atoms with Crippen LogP contribution >= 0.6 is 0 Å². The van der Waals surface area contributed by atoms with Gasteiger partial charge in [-0.25, -0.2) is 15.8 Å². The number of nitrogen functional groups attached to an aromatic ring is 1. The number of hydrogen-bond acceptors (Lipinski definition) is 5. The van der Waals surface area contributed by atoms with Gasteiger partial charge in [-0.15, -0.1) is 0 Å². The van der Waals surface area contributed by atoms with Crippen LogP contribution < -0.4 is 16.6 Å². The highest BCUT2D eigenvalue weighted by molar-refractivity contribution is 5.47. The SMILES string of the molecule is CC(C)CCCCNc1cc(NN)nc(C2CC2)n1. The van der Waals surface area contributed by atoms with Crippen LogP contribution in [-0.2, 0) is 0 Å². The molecule has 0 aromatic carbocycles. The van der Waals surface area contributed by atoms with E-state index in [1.165, 1.54) is 32.1 Å². The van der Waals surface area contributed by atoms with Crippen LogP contribution in [0.2, 0.25) is 0 Å². The van der Waals surface area contributed by atoms with Crippen LogP contribution in [-0.4, -0.2) is 16.5 Å². The zero-order chi connectivity index (χ0) is 13.7. The normalized spacial score (nSPS) is 14.7. The fraction of sp³-hybridized carbons (Fsp3) is 0.714. The van der Waals surface area contributed by atoms with E-state index in [0.717, 1.165) is 24.1 Å². The van der Waals surface area contributed by atoms with Crippen molar-refractivity contribution in [3.63, 3.8) is 0 Å². The third-order valence-corrected chi connectivity index (χ3v) is 3.35. The van der Waals surface area contributed by atoms with E-state index < -0.39 is 0 Å². The van der Waals surface area contributed by atoms with Crippen molar-refractivity contribution < 1.29 is 0 Å². The molecule has 5 heteroatoms. The fourth-order valence-corrected chi connectivity index (χ4v) is 2.05. The van der Waals surface area contributed by atoms with Crippen molar-refractivity contribution in [1.82, 2.24) is 9.97 Å². The molecular formula is C14H25N5. The lowest BCUT2D eigenvalue weighted by Gasteiger charge is -2.10. The van der Waals surface area contributed by atoms with E-state index in [-0.39, 0.29) is 0 Å². The van der Waals surface area contributed by atoms with Gasteiger partial charge in [-0.2, -0.15) is 0 Å².